The van der Waals surface area contributed by atoms with E-state index < -0.39 is 42.8 Å². The number of aliphatic carboxylic acids is 2. The van der Waals surface area contributed by atoms with Gasteiger partial charge in [0.05, 0.1) is 25.9 Å². The first-order valence-corrected chi connectivity index (χ1v) is 5.70. The van der Waals surface area contributed by atoms with Crippen LogP contribution < -0.4 is 11.5 Å². The molecule has 3 unspecified atom stereocenters. The normalized spacial score (nSPS) is 14.0. The third kappa shape index (κ3) is 18.7. The minimum absolute atomic E-state index is 0.365. The van der Waals surface area contributed by atoms with Gasteiger partial charge in [-0.1, -0.05) is 0 Å². The van der Waals surface area contributed by atoms with Gasteiger partial charge in [0.25, 0.3) is 0 Å². The van der Waals surface area contributed by atoms with E-state index in [1.165, 1.54) is 6.92 Å². The van der Waals surface area contributed by atoms with E-state index in [0.717, 1.165) is 0 Å². The Labute approximate surface area is 121 Å². The van der Waals surface area contributed by atoms with Gasteiger partial charge >= 0.3 is 11.9 Å². The second-order valence-electron chi connectivity index (χ2n) is 3.75. The topological polar surface area (TPSA) is 228 Å². The number of carboxylic acid groups (broad SMARTS) is 2. The summed E-state index contributed by atoms with van der Waals surface area (Å²) in [5, 5.41) is 56.5. The zero-order chi connectivity index (χ0) is 17.6. The van der Waals surface area contributed by atoms with Crippen LogP contribution in [0, 0.1) is 0 Å². The van der Waals surface area contributed by atoms with Crippen molar-refractivity contribution in [1.29, 1.82) is 0 Å². The summed E-state index contributed by atoms with van der Waals surface area (Å²) in [5.74, 6) is -2.36. The Balaban J connectivity index is -0.000000234. The molecule has 0 bridgehead atoms. The van der Waals surface area contributed by atoms with Crippen LogP contribution in [0.1, 0.15) is 6.92 Å². The maximum absolute atomic E-state index is 9.86. The van der Waals surface area contributed by atoms with E-state index >= 15 is 0 Å². The van der Waals surface area contributed by atoms with Gasteiger partial charge in [-0.2, -0.15) is 0 Å². The maximum Gasteiger partial charge on any atom is 0.323 e. The van der Waals surface area contributed by atoms with Gasteiger partial charge in [0.2, 0.25) is 0 Å². The Bertz CT molecular complexity index is 271. The minimum Gasteiger partial charge on any atom is -0.480 e. The van der Waals surface area contributed by atoms with Crippen molar-refractivity contribution in [2.24, 2.45) is 11.5 Å². The van der Waals surface area contributed by atoms with E-state index in [-0.39, 0.29) is 13.2 Å². The summed E-state index contributed by atoms with van der Waals surface area (Å²) in [6, 6.07) is -2.28. The van der Waals surface area contributed by atoms with Gasteiger partial charge in [-0.3, -0.25) is 9.59 Å². The first kappa shape index (κ1) is 24.7. The molecule has 0 aromatic rings. The van der Waals surface area contributed by atoms with Crippen molar-refractivity contribution in [3.05, 3.63) is 0 Å². The molecule has 128 valence electrons. The molecule has 0 amide bonds. The van der Waals surface area contributed by atoms with Crippen molar-refractivity contribution in [2.75, 3.05) is 19.8 Å². The largest absolute Gasteiger partial charge is 0.480 e. The molecule has 0 saturated heterocycles. The number of nitrogens with two attached hydrogens (primary N) is 2. The first-order valence-electron chi connectivity index (χ1n) is 5.70. The number of aliphatic hydroxyl groups excluding tert-OH is 5. The summed E-state index contributed by atoms with van der Waals surface area (Å²) >= 11 is 0. The highest BCUT2D eigenvalue weighted by Crippen LogP contribution is 1.85. The summed E-state index contributed by atoms with van der Waals surface area (Å²) in [7, 11) is 0. The third-order valence-electron chi connectivity index (χ3n) is 1.74. The van der Waals surface area contributed by atoms with Gasteiger partial charge in [0.15, 0.2) is 0 Å². The summed E-state index contributed by atoms with van der Waals surface area (Å²) < 4.78 is 0. The van der Waals surface area contributed by atoms with E-state index in [1.54, 1.807) is 0 Å². The smallest absolute Gasteiger partial charge is 0.323 e. The van der Waals surface area contributed by atoms with Crippen LogP contribution in [0.2, 0.25) is 0 Å². The Morgan fingerprint density at radius 3 is 1.29 bits per heavy atom. The first-order chi connectivity index (χ1) is 9.54. The quantitative estimate of drug-likeness (QED) is 0.227. The van der Waals surface area contributed by atoms with E-state index in [1.807, 2.05) is 0 Å². The van der Waals surface area contributed by atoms with Crippen LogP contribution in [0.5, 0.6) is 0 Å². The summed E-state index contributed by atoms with van der Waals surface area (Å²) in [6.07, 6.45) is -1.93. The Morgan fingerprint density at radius 1 is 0.905 bits per heavy atom. The molecule has 0 aliphatic carbocycles. The van der Waals surface area contributed by atoms with Crippen LogP contribution in [0.15, 0.2) is 0 Å². The molecule has 11 heteroatoms. The SMILES string of the molecule is CC(O)C(N)C(=O)O.NC(CO)C(=O)O.OCC(O)CO. The predicted octanol–water partition coefficient (Wildman–Crippen LogP) is -4.50. The summed E-state index contributed by atoms with van der Waals surface area (Å²) in [4.78, 5) is 19.5. The van der Waals surface area contributed by atoms with Crippen molar-refractivity contribution in [3.8, 4) is 0 Å². The predicted molar refractivity (Wildman–Crippen MR) is 70.2 cm³/mol. The second-order valence-corrected chi connectivity index (χ2v) is 3.75. The molecule has 0 radical (unpaired) electrons. The van der Waals surface area contributed by atoms with Crippen molar-refractivity contribution in [1.82, 2.24) is 0 Å². The van der Waals surface area contributed by atoms with Gasteiger partial charge in [-0.15, -0.1) is 0 Å². The average molecular weight is 316 g/mol. The standard InChI is InChI=1S/C4H9NO3.C3H7NO3.C3H8O3/c1-2(6)3(5)4(7)8;4-2(1-5)3(6)7;4-1-3(6)2-5/h2-3,6H,5H2,1H3,(H,7,8);2,5H,1,4H2,(H,6,7);3-6H,1-2H2. The average Bonchev–Trinajstić information content (AvgIpc) is 2.45. The molecule has 11 N–H and O–H groups in total. The fourth-order valence-corrected chi connectivity index (χ4v) is 0.342. The fraction of sp³-hybridized carbons (Fsp3) is 0.800. The summed E-state index contributed by atoms with van der Waals surface area (Å²) in [6.45, 7) is 0.0983. The van der Waals surface area contributed by atoms with Gasteiger partial charge in [-0.25, -0.2) is 0 Å². The lowest BCUT2D eigenvalue weighted by molar-refractivity contribution is -0.141. The van der Waals surface area contributed by atoms with Gasteiger partial charge in [-0.05, 0) is 6.92 Å². The van der Waals surface area contributed by atoms with E-state index in [9.17, 15) is 9.59 Å². The number of carbonyl (C=O) groups is 2. The van der Waals surface area contributed by atoms with Crippen molar-refractivity contribution >= 4 is 11.9 Å². The zero-order valence-electron chi connectivity index (χ0n) is 11.5. The lowest BCUT2D eigenvalue weighted by atomic mass is 10.2. The molecule has 0 aromatic carbocycles. The van der Waals surface area contributed by atoms with Crippen molar-refractivity contribution in [2.45, 2.75) is 31.2 Å². The van der Waals surface area contributed by atoms with Crippen LogP contribution in [0.4, 0.5) is 0 Å². The Kier molecular flexibility index (Phi) is 17.7. The van der Waals surface area contributed by atoms with Gasteiger partial charge < -0.3 is 47.2 Å². The van der Waals surface area contributed by atoms with Crippen molar-refractivity contribution in [3.63, 3.8) is 0 Å². The molecule has 21 heavy (non-hydrogen) atoms. The number of hydrogen-bond donors (Lipinski definition) is 9. The van der Waals surface area contributed by atoms with Gasteiger partial charge in [0.1, 0.15) is 18.2 Å². The molecule has 0 aliphatic heterocycles. The molecule has 0 aliphatic rings. The number of rotatable bonds is 6. The van der Waals surface area contributed by atoms with E-state index in [4.69, 9.17) is 47.2 Å². The second kappa shape index (κ2) is 15.1. The number of carboxylic acids is 2. The molecule has 11 nitrogen and oxygen atoms in total. The third-order valence-corrected chi connectivity index (χ3v) is 1.74. The highest BCUT2D eigenvalue weighted by molar-refractivity contribution is 5.73. The molecule has 0 spiro atoms. The molecule has 0 fully saturated rings. The lowest BCUT2D eigenvalue weighted by Gasteiger charge is -2.06. The van der Waals surface area contributed by atoms with Crippen LogP contribution >= 0.6 is 0 Å². The van der Waals surface area contributed by atoms with Crippen LogP contribution in [-0.2, 0) is 9.59 Å². The minimum atomic E-state index is -1.18. The van der Waals surface area contributed by atoms with Crippen LogP contribution in [0.25, 0.3) is 0 Å². The maximum atomic E-state index is 9.86. The number of aliphatic hydroxyl groups is 5. The van der Waals surface area contributed by atoms with Crippen LogP contribution in [0.3, 0.4) is 0 Å². The van der Waals surface area contributed by atoms with E-state index in [0.29, 0.717) is 0 Å². The highest BCUT2D eigenvalue weighted by atomic mass is 16.4. The Morgan fingerprint density at radius 2 is 1.29 bits per heavy atom. The zero-order valence-corrected chi connectivity index (χ0v) is 11.5. The number of hydrogen-bond acceptors (Lipinski definition) is 9. The summed E-state index contributed by atoms with van der Waals surface area (Å²) in [5.41, 5.74) is 9.68. The van der Waals surface area contributed by atoms with Gasteiger partial charge in [0, 0.05) is 0 Å². The molecular formula is C10H24N2O9. The molecule has 0 aromatic heterocycles. The monoisotopic (exact) mass is 316 g/mol. The van der Waals surface area contributed by atoms with Crippen molar-refractivity contribution < 1.29 is 45.3 Å². The lowest BCUT2D eigenvalue weighted by Crippen LogP contribution is -2.39. The van der Waals surface area contributed by atoms with E-state index in [2.05, 4.69) is 0 Å². The van der Waals surface area contributed by atoms with Crippen LogP contribution in [-0.4, -0.2) is 91.8 Å². The molecule has 0 saturated carbocycles. The molecule has 0 rings (SSSR count). The Hall–Kier alpha value is -1.34. The molecule has 0 heterocycles. The fourth-order valence-electron chi connectivity index (χ4n) is 0.342. The molecular weight excluding hydrogens is 292 g/mol. The molecule has 3 atom stereocenters. The highest BCUT2D eigenvalue weighted by Gasteiger charge is 2.16.